The van der Waals surface area contributed by atoms with Crippen LogP contribution in [0.2, 0.25) is 0 Å². The molecule has 1 aliphatic rings. The highest BCUT2D eigenvalue weighted by Crippen LogP contribution is 2.38. The average Bonchev–Trinajstić information content (AvgIpc) is 2.47. The van der Waals surface area contributed by atoms with Gasteiger partial charge in [-0.15, -0.1) is 0 Å². The smallest absolute Gasteiger partial charge is 0.417 e. The number of carbonyl (C=O) groups is 1. The van der Waals surface area contributed by atoms with Crippen LogP contribution in [0.4, 0.5) is 13.2 Å². The summed E-state index contributed by atoms with van der Waals surface area (Å²) in [6.45, 7) is 3.26. The van der Waals surface area contributed by atoms with Gasteiger partial charge < -0.3 is 14.7 Å². The van der Waals surface area contributed by atoms with E-state index in [0.717, 1.165) is 11.1 Å². The number of alkyl halides is 3. The van der Waals surface area contributed by atoms with Crippen LogP contribution < -0.4 is 4.74 Å². The van der Waals surface area contributed by atoms with Crippen molar-refractivity contribution in [3.8, 4) is 5.75 Å². The number of benzene rings is 1. The first-order valence-electron chi connectivity index (χ1n) is 7.39. The zero-order valence-corrected chi connectivity index (χ0v) is 13.1. The molecule has 0 saturated carbocycles. The summed E-state index contributed by atoms with van der Waals surface area (Å²) >= 11 is 0. The Morgan fingerprint density at radius 2 is 1.91 bits per heavy atom. The number of aryl methyl sites for hydroxylation is 2. The number of amides is 1. The molecule has 0 bridgehead atoms. The van der Waals surface area contributed by atoms with Gasteiger partial charge in [-0.2, -0.15) is 13.2 Å². The third-order valence-corrected chi connectivity index (χ3v) is 4.17. The lowest BCUT2D eigenvalue weighted by Gasteiger charge is -2.39. The minimum atomic E-state index is -4.67. The number of rotatable bonds is 3. The van der Waals surface area contributed by atoms with Crippen LogP contribution in [0.25, 0.3) is 0 Å². The summed E-state index contributed by atoms with van der Waals surface area (Å²) in [6, 6.07) is 5.60. The monoisotopic (exact) mass is 331 g/mol. The quantitative estimate of drug-likeness (QED) is 0.926. The maximum Gasteiger partial charge on any atom is 0.417 e. The molecule has 1 aromatic rings. The Morgan fingerprint density at radius 1 is 1.30 bits per heavy atom. The fraction of sp³-hybridized carbons (Fsp3) is 0.562. The van der Waals surface area contributed by atoms with E-state index in [-0.39, 0.29) is 25.6 Å². The van der Waals surface area contributed by atoms with Crippen LogP contribution in [0.1, 0.15) is 24.0 Å². The van der Waals surface area contributed by atoms with Crippen LogP contribution in [0.5, 0.6) is 5.75 Å². The zero-order chi connectivity index (χ0) is 17.3. The van der Waals surface area contributed by atoms with E-state index in [1.807, 2.05) is 26.0 Å². The first kappa shape index (κ1) is 17.6. The molecule has 1 amide bonds. The van der Waals surface area contributed by atoms with Gasteiger partial charge in [-0.3, -0.25) is 4.79 Å². The Labute approximate surface area is 132 Å². The molecule has 7 heteroatoms. The van der Waals surface area contributed by atoms with Crippen LogP contribution >= 0.6 is 0 Å². The molecule has 4 nitrogen and oxygen atoms in total. The molecule has 1 N–H and O–H groups in total. The normalized spacial score (nSPS) is 17.9. The molecule has 1 saturated heterocycles. The topological polar surface area (TPSA) is 49.8 Å². The number of halogens is 3. The lowest BCUT2D eigenvalue weighted by Crippen LogP contribution is -2.54. The second-order valence-corrected chi connectivity index (χ2v) is 5.97. The molecule has 1 aliphatic heterocycles. The van der Waals surface area contributed by atoms with E-state index in [1.165, 1.54) is 4.90 Å². The SMILES string of the molecule is Cc1ccc(C)c(OCC(=O)N2CCC(O)(C(F)(F)F)CC2)c1. The number of hydrogen-bond donors (Lipinski definition) is 1. The predicted octanol–water partition coefficient (Wildman–Crippen LogP) is 2.60. The van der Waals surface area contributed by atoms with Crippen LogP contribution in [0, 0.1) is 13.8 Å². The number of piperidine rings is 1. The van der Waals surface area contributed by atoms with Crippen LogP contribution in [-0.2, 0) is 4.79 Å². The molecule has 0 aromatic heterocycles. The Hall–Kier alpha value is -1.76. The van der Waals surface area contributed by atoms with Crippen molar-refractivity contribution < 1.29 is 27.8 Å². The van der Waals surface area contributed by atoms with E-state index in [1.54, 1.807) is 6.07 Å². The molecule has 2 rings (SSSR count). The number of likely N-dealkylation sites (tertiary alicyclic amines) is 1. The fourth-order valence-corrected chi connectivity index (χ4v) is 2.50. The minimum Gasteiger partial charge on any atom is -0.483 e. The van der Waals surface area contributed by atoms with Gasteiger partial charge in [0.15, 0.2) is 12.2 Å². The summed E-state index contributed by atoms with van der Waals surface area (Å²) in [5.74, 6) is 0.206. The van der Waals surface area contributed by atoms with Gasteiger partial charge in [0.05, 0.1) is 0 Å². The van der Waals surface area contributed by atoms with Gasteiger partial charge in [-0.05, 0) is 31.0 Å². The zero-order valence-electron chi connectivity index (χ0n) is 13.1. The van der Waals surface area contributed by atoms with Gasteiger partial charge in [0.1, 0.15) is 5.75 Å². The molecule has 0 unspecified atom stereocenters. The van der Waals surface area contributed by atoms with E-state index >= 15 is 0 Å². The Bertz CT molecular complexity index is 578. The Balaban J connectivity index is 1.90. The summed E-state index contributed by atoms with van der Waals surface area (Å²) in [5, 5.41) is 9.59. The third-order valence-electron chi connectivity index (χ3n) is 4.17. The summed E-state index contributed by atoms with van der Waals surface area (Å²) in [5.41, 5.74) is -0.822. The third kappa shape index (κ3) is 3.96. The predicted molar refractivity (Wildman–Crippen MR) is 78.2 cm³/mol. The molecule has 0 spiro atoms. The molecule has 0 radical (unpaired) electrons. The van der Waals surface area contributed by atoms with Crippen molar-refractivity contribution in [2.75, 3.05) is 19.7 Å². The van der Waals surface area contributed by atoms with E-state index in [9.17, 15) is 23.1 Å². The minimum absolute atomic E-state index is 0.134. The highest BCUT2D eigenvalue weighted by molar-refractivity contribution is 5.78. The summed E-state index contributed by atoms with van der Waals surface area (Å²) < 4.78 is 43.7. The van der Waals surface area contributed by atoms with Gasteiger partial charge in [0.25, 0.3) is 5.91 Å². The number of nitrogens with zero attached hydrogens (tertiary/aromatic N) is 1. The van der Waals surface area contributed by atoms with Gasteiger partial charge >= 0.3 is 6.18 Å². The number of hydrogen-bond acceptors (Lipinski definition) is 3. The molecule has 1 heterocycles. The van der Waals surface area contributed by atoms with Gasteiger partial charge in [0, 0.05) is 25.9 Å². The maximum atomic E-state index is 12.7. The lowest BCUT2D eigenvalue weighted by molar-refractivity contribution is -0.272. The standard InChI is InChI=1S/C16H20F3NO3/c1-11-3-4-12(2)13(9-11)23-10-14(21)20-7-5-15(22,6-8-20)16(17,18)19/h3-4,9,22H,5-8,10H2,1-2H3. The van der Waals surface area contributed by atoms with Crippen LogP contribution in [0.3, 0.4) is 0 Å². The summed E-state index contributed by atoms with van der Waals surface area (Å²) in [7, 11) is 0. The van der Waals surface area contributed by atoms with Crippen molar-refractivity contribution in [1.82, 2.24) is 4.90 Å². The van der Waals surface area contributed by atoms with Gasteiger partial charge in [0.2, 0.25) is 0 Å². The molecule has 0 aliphatic carbocycles. The molecule has 128 valence electrons. The summed E-state index contributed by atoms with van der Waals surface area (Å²) in [4.78, 5) is 13.4. The lowest BCUT2D eigenvalue weighted by atomic mass is 9.91. The van der Waals surface area contributed by atoms with Crippen molar-refractivity contribution in [2.24, 2.45) is 0 Å². The number of aliphatic hydroxyl groups is 1. The van der Waals surface area contributed by atoms with Crippen LogP contribution in [-0.4, -0.2) is 47.4 Å². The first-order valence-corrected chi connectivity index (χ1v) is 7.39. The van der Waals surface area contributed by atoms with Crippen molar-refractivity contribution in [1.29, 1.82) is 0 Å². The largest absolute Gasteiger partial charge is 0.483 e. The maximum absolute atomic E-state index is 12.7. The molecule has 1 fully saturated rings. The Morgan fingerprint density at radius 3 is 2.48 bits per heavy atom. The second-order valence-electron chi connectivity index (χ2n) is 5.97. The molecule has 23 heavy (non-hydrogen) atoms. The number of ether oxygens (including phenoxy) is 1. The Kier molecular flexibility index (Phi) is 4.89. The highest BCUT2D eigenvalue weighted by Gasteiger charge is 2.54. The van der Waals surface area contributed by atoms with Crippen molar-refractivity contribution in [3.05, 3.63) is 29.3 Å². The van der Waals surface area contributed by atoms with E-state index in [4.69, 9.17) is 4.74 Å². The van der Waals surface area contributed by atoms with E-state index < -0.39 is 24.6 Å². The molecule has 1 aromatic carbocycles. The molecule has 0 atom stereocenters. The molecular weight excluding hydrogens is 311 g/mol. The van der Waals surface area contributed by atoms with Crippen LogP contribution in [0.15, 0.2) is 18.2 Å². The van der Waals surface area contributed by atoms with Gasteiger partial charge in [-0.1, -0.05) is 12.1 Å². The first-order chi connectivity index (χ1) is 10.6. The van der Waals surface area contributed by atoms with E-state index in [0.29, 0.717) is 5.75 Å². The number of carbonyl (C=O) groups excluding carboxylic acids is 1. The molecular formula is C16H20F3NO3. The second kappa shape index (κ2) is 6.39. The van der Waals surface area contributed by atoms with Gasteiger partial charge in [-0.25, -0.2) is 0 Å². The van der Waals surface area contributed by atoms with E-state index in [2.05, 4.69) is 0 Å². The fourth-order valence-electron chi connectivity index (χ4n) is 2.50. The summed E-state index contributed by atoms with van der Waals surface area (Å²) in [6.07, 6.45) is -5.69. The highest BCUT2D eigenvalue weighted by atomic mass is 19.4. The average molecular weight is 331 g/mol. The van der Waals surface area contributed by atoms with Crippen molar-refractivity contribution in [3.63, 3.8) is 0 Å². The van der Waals surface area contributed by atoms with Crippen molar-refractivity contribution in [2.45, 2.75) is 38.5 Å². The van der Waals surface area contributed by atoms with Crippen molar-refractivity contribution >= 4 is 5.91 Å².